The van der Waals surface area contributed by atoms with E-state index in [0.29, 0.717) is 0 Å². The van der Waals surface area contributed by atoms with Crippen molar-refractivity contribution >= 4 is 0 Å². The molecule has 2 aliphatic heterocycles. The minimum atomic E-state index is -0.0137. The molecule has 0 saturated carbocycles. The van der Waals surface area contributed by atoms with Crippen molar-refractivity contribution in [1.82, 2.24) is 9.80 Å². The van der Waals surface area contributed by atoms with Gasteiger partial charge in [-0.2, -0.15) is 0 Å². The van der Waals surface area contributed by atoms with Crippen LogP contribution < -0.4 is 5.73 Å². The van der Waals surface area contributed by atoms with E-state index in [1.807, 2.05) is 0 Å². The van der Waals surface area contributed by atoms with Gasteiger partial charge in [0.15, 0.2) is 0 Å². The number of nitrogens with zero attached hydrogens (tertiary/aromatic N) is 2. The third kappa shape index (κ3) is 3.67. The number of hydrogen-bond donors (Lipinski definition) is 1. The zero-order valence-electron chi connectivity index (χ0n) is 11.8. The minimum absolute atomic E-state index is 0.0137. The molecule has 3 heteroatoms. The van der Waals surface area contributed by atoms with E-state index in [1.54, 1.807) is 0 Å². The van der Waals surface area contributed by atoms with Crippen molar-refractivity contribution in [2.75, 3.05) is 33.2 Å². The van der Waals surface area contributed by atoms with E-state index in [-0.39, 0.29) is 5.54 Å². The maximum atomic E-state index is 6.07. The Bertz CT molecular complexity index is 246. The molecule has 0 aromatic heterocycles. The molecule has 17 heavy (non-hydrogen) atoms. The first kappa shape index (κ1) is 13.3. The van der Waals surface area contributed by atoms with Crippen LogP contribution in [0.25, 0.3) is 0 Å². The zero-order chi connectivity index (χ0) is 12.5. The Morgan fingerprint density at radius 2 is 2.00 bits per heavy atom. The lowest BCUT2D eigenvalue weighted by molar-refractivity contribution is 0.0364. The van der Waals surface area contributed by atoms with Gasteiger partial charge in [0.1, 0.15) is 0 Å². The minimum Gasteiger partial charge on any atom is -0.326 e. The van der Waals surface area contributed by atoms with Crippen molar-refractivity contribution in [2.45, 2.75) is 51.1 Å². The van der Waals surface area contributed by atoms with E-state index in [2.05, 4.69) is 30.7 Å². The predicted molar refractivity (Wildman–Crippen MR) is 73.1 cm³/mol. The first-order valence-corrected chi connectivity index (χ1v) is 7.17. The van der Waals surface area contributed by atoms with Crippen LogP contribution in [0.5, 0.6) is 0 Å². The van der Waals surface area contributed by atoms with Crippen LogP contribution in [0.4, 0.5) is 0 Å². The Labute approximate surface area is 106 Å². The highest BCUT2D eigenvalue weighted by Gasteiger charge is 2.34. The molecule has 0 amide bonds. The largest absolute Gasteiger partial charge is 0.326 e. The number of nitrogens with two attached hydrogens (primary N) is 1. The van der Waals surface area contributed by atoms with E-state index >= 15 is 0 Å². The van der Waals surface area contributed by atoms with E-state index in [0.717, 1.165) is 18.4 Å². The third-order valence-electron chi connectivity index (χ3n) is 4.50. The van der Waals surface area contributed by atoms with E-state index in [9.17, 15) is 0 Å². The molecule has 2 saturated heterocycles. The molecule has 3 nitrogen and oxygen atoms in total. The first-order chi connectivity index (χ1) is 7.96. The topological polar surface area (TPSA) is 32.5 Å². The van der Waals surface area contributed by atoms with Crippen LogP contribution in [0.3, 0.4) is 0 Å². The van der Waals surface area contributed by atoms with Gasteiger partial charge in [-0.15, -0.1) is 0 Å². The van der Waals surface area contributed by atoms with Gasteiger partial charge in [-0.1, -0.05) is 0 Å². The smallest absolute Gasteiger partial charge is 0.0145 e. The monoisotopic (exact) mass is 239 g/mol. The molecule has 100 valence electrons. The van der Waals surface area contributed by atoms with Crippen LogP contribution in [-0.2, 0) is 0 Å². The highest BCUT2D eigenvalue weighted by Crippen LogP contribution is 2.29. The molecule has 2 aliphatic rings. The molecule has 2 rings (SSSR count). The third-order valence-corrected chi connectivity index (χ3v) is 4.50. The molecule has 2 N–H and O–H groups in total. The van der Waals surface area contributed by atoms with Gasteiger partial charge >= 0.3 is 0 Å². The Kier molecular flexibility index (Phi) is 4.11. The van der Waals surface area contributed by atoms with Gasteiger partial charge in [0.05, 0.1) is 0 Å². The summed E-state index contributed by atoms with van der Waals surface area (Å²) in [6, 6.07) is 0.853. The summed E-state index contributed by atoms with van der Waals surface area (Å²) in [6.45, 7) is 9.31. The zero-order valence-corrected chi connectivity index (χ0v) is 11.8. The predicted octanol–water partition coefficient (Wildman–Crippen LogP) is 1.53. The number of hydrogen-bond acceptors (Lipinski definition) is 3. The van der Waals surface area contributed by atoms with Gasteiger partial charge in [0.25, 0.3) is 0 Å². The Hall–Kier alpha value is -0.120. The second-order valence-electron chi connectivity index (χ2n) is 6.78. The van der Waals surface area contributed by atoms with Gasteiger partial charge in [0, 0.05) is 18.1 Å². The number of fused-ring (bicyclic) bond motifs is 1. The molecule has 2 unspecified atom stereocenters. The summed E-state index contributed by atoms with van der Waals surface area (Å²) < 4.78 is 0. The molecule has 0 aliphatic carbocycles. The lowest BCUT2D eigenvalue weighted by Gasteiger charge is -2.46. The van der Waals surface area contributed by atoms with Gasteiger partial charge in [-0.25, -0.2) is 0 Å². The maximum absolute atomic E-state index is 6.07. The van der Waals surface area contributed by atoms with Crippen molar-refractivity contribution in [3.8, 4) is 0 Å². The average molecular weight is 239 g/mol. The van der Waals surface area contributed by atoms with Gasteiger partial charge < -0.3 is 15.5 Å². The van der Waals surface area contributed by atoms with Crippen LogP contribution >= 0.6 is 0 Å². The van der Waals surface area contributed by atoms with Crippen molar-refractivity contribution in [2.24, 2.45) is 11.7 Å². The Morgan fingerprint density at radius 1 is 1.24 bits per heavy atom. The van der Waals surface area contributed by atoms with E-state index in [1.165, 1.54) is 45.4 Å². The summed E-state index contributed by atoms with van der Waals surface area (Å²) in [5.41, 5.74) is 6.06. The molecular formula is C14H29N3. The SMILES string of the molecule is CN1CCCC2CN(CCC(C)(C)N)CCC21. The fourth-order valence-corrected chi connectivity index (χ4v) is 3.38. The molecule has 2 atom stereocenters. The van der Waals surface area contributed by atoms with Crippen LogP contribution in [0.15, 0.2) is 0 Å². The summed E-state index contributed by atoms with van der Waals surface area (Å²) in [6.07, 6.45) is 5.28. The van der Waals surface area contributed by atoms with Crippen molar-refractivity contribution in [3.63, 3.8) is 0 Å². The van der Waals surface area contributed by atoms with Crippen molar-refractivity contribution in [1.29, 1.82) is 0 Å². The Balaban J connectivity index is 1.81. The number of rotatable bonds is 3. The molecule has 0 aromatic rings. The van der Waals surface area contributed by atoms with Crippen LogP contribution in [0, 0.1) is 5.92 Å². The fraction of sp³-hybridized carbons (Fsp3) is 1.00. The van der Waals surface area contributed by atoms with Gasteiger partial charge in [-0.05, 0) is 72.1 Å². The van der Waals surface area contributed by atoms with Crippen molar-refractivity contribution in [3.05, 3.63) is 0 Å². The molecule has 0 bridgehead atoms. The molecule has 0 radical (unpaired) electrons. The number of piperidine rings is 2. The lowest BCUT2D eigenvalue weighted by Crippen LogP contribution is -2.53. The average Bonchev–Trinajstić information content (AvgIpc) is 2.26. The quantitative estimate of drug-likeness (QED) is 0.811. The first-order valence-electron chi connectivity index (χ1n) is 7.17. The second kappa shape index (κ2) is 5.25. The van der Waals surface area contributed by atoms with Crippen LogP contribution in [-0.4, -0.2) is 54.6 Å². The normalized spacial score (nSPS) is 32.5. The molecule has 2 fully saturated rings. The molecule has 0 spiro atoms. The lowest BCUT2D eigenvalue weighted by atomic mass is 9.84. The summed E-state index contributed by atoms with van der Waals surface area (Å²) in [7, 11) is 2.30. The van der Waals surface area contributed by atoms with Crippen LogP contribution in [0.2, 0.25) is 0 Å². The summed E-state index contributed by atoms with van der Waals surface area (Å²) in [4.78, 5) is 5.22. The maximum Gasteiger partial charge on any atom is 0.0145 e. The van der Waals surface area contributed by atoms with E-state index < -0.39 is 0 Å². The summed E-state index contributed by atoms with van der Waals surface area (Å²) in [5, 5.41) is 0. The molecule has 0 aromatic carbocycles. The van der Waals surface area contributed by atoms with Gasteiger partial charge in [-0.3, -0.25) is 0 Å². The standard InChI is InChI=1S/C14H29N3/c1-14(2,15)7-10-17-9-6-13-12(11-17)5-4-8-16(13)3/h12-13H,4-11,15H2,1-3H3. The molecule has 2 heterocycles. The molecular weight excluding hydrogens is 210 g/mol. The second-order valence-corrected chi connectivity index (χ2v) is 6.78. The Morgan fingerprint density at radius 3 is 2.71 bits per heavy atom. The number of likely N-dealkylation sites (tertiary alicyclic amines) is 2. The van der Waals surface area contributed by atoms with Crippen molar-refractivity contribution < 1.29 is 0 Å². The summed E-state index contributed by atoms with van der Waals surface area (Å²) in [5.74, 6) is 0.906. The highest BCUT2D eigenvalue weighted by molar-refractivity contribution is 4.89. The summed E-state index contributed by atoms with van der Waals surface area (Å²) >= 11 is 0. The highest BCUT2D eigenvalue weighted by atomic mass is 15.2. The fourth-order valence-electron chi connectivity index (χ4n) is 3.38. The van der Waals surface area contributed by atoms with Gasteiger partial charge in [0.2, 0.25) is 0 Å². The van der Waals surface area contributed by atoms with Crippen LogP contribution in [0.1, 0.15) is 39.5 Å². The van der Waals surface area contributed by atoms with E-state index in [4.69, 9.17) is 5.73 Å².